The van der Waals surface area contributed by atoms with Crippen molar-refractivity contribution >= 4 is 41.1 Å². The number of anilines is 1. The molecule has 3 aromatic rings. The molecular formula is C18H19Cl2N9O2. The summed E-state index contributed by atoms with van der Waals surface area (Å²) in [6, 6.07) is 4.95. The Kier molecular flexibility index (Phi) is 6.44. The van der Waals surface area contributed by atoms with Crippen molar-refractivity contribution < 1.29 is 9.42 Å². The van der Waals surface area contributed by atoms with Gasteiger partial charge in [-0.2, -0.15) is 9.78 Å². The number of carbonyl (C=O) groups is 1. The molecule has 0 radical (unpaired) electrons. The molecule has 0 spiro atoms. The van der Waals surface area contributed by atoms with E-state index in [2.05, 4.69) is 40.7 Å². The predicted octanol–water partition coefficient (Wildman–Crippen LogP) is 2.29. The molecule has 1 aromatic carbocycles. The normalized spacial score (nSPS) is 14.9. The number of rotatable bonds is 6. The molecule has 1 fully saturated rings. The number of likely N-dealkylation sites (tertiary alicyclic amines) is 1. The van der Waals surface area contributed by atoms with Crippen molar-refractivity contribution in [2.45, 2.75) is 25.8 Å². The zero-order valence-corrected chi connectivity index (χ0v) is 17.8. The van der Waals surface area contributed by atoms with E-state index in [1.165, 1.54) is 17.3 Å². The fraction of sp³-hybridized carbons (Fsp3) is 0.333. The first-order valence-electron chi connectivity index (χ1n) is 9.56. The van der Waals surface area contributed by atoms with Crippen LogP contribution in [0.25, 0.3) is 5.82 Å². The number of nitrogens with one attached hydrogen (secondary N) is 1. The number of hydrogen-bond donors (Lipinski definition) is 2. The van der Waals surface area contributed by atoms with Gasteiger partial charge in [0.2, 0.25) is 11.6 Å². The third-order valence-corrected chi connectivity index (χ3v) is 5.37. The second-order valence-electron chi connectivity index (χ2n) is 6.97. The minimum absolute atomic E-state index is 0.0140. The van der Waals surface area contributed by atoms with Crippen LogP contribution in [-0.4, -0.2) is 55.4 Å². The van der Waals surface area contributed by atoms with Crippen LogP contribution in [0.5, 0.6) is 0 Å². The van der Waals surface area contributed by atoms with Gasteiger partial charge in [-0.1, -0.05) is 40.9 Å². The van der Waals surface area contributed by atoms with Gasteiger partial charge in [0.1, 0.15) is 5.69 Å². The number of nitrogens with zero attached hydrogens (tertiary/aromatic N) is 7. The highest BCUT2D eigenvalue weighted by atomic mass is 35.5. The highest BCUT2D eigenvalue weighted by molar-refractivity contribution is 6.36. The van der Waals surface area contributed by atoms with Gasteiger partial charge in [0.05, 0.1) is 11.2 Å². The van der Waals surface area contributed by atoms with E-state index in [4.69, 9.17) is 28.9 Å². The molecule has 1 aliphatic rings. The number of nitrogens with two attached hydrogens (primary N) is 1. The molecule has 3 heterocycles. The van der Waals surface area contributed by atoms with E-state index in [-0.39, 0.29) is 17.3 Å². The van der Waals surface area contributed by atoms with Crippen LogP contribution < -0.4 is 11.2 Å². The highest BCUT2D eigenvalue weighted by Gasteiger charge is 2.26. The third-order valence-electron chi connectivity index (χ3n) is 4.81. The van der Waals surface area contributed by atoms with E-state index >= 15 is 0 Å². The van der Waals surface area contributed by atoms with Crippen LogP contribution in [0.1, 0.15) is 41.0 Å². The summed E-state index contributed by atoms with van der Waals surface area (Å²) in [6.07, 6.45) is 4.81. The minimum atomic E-state index is -0.541. The highest BCUT2D eigenvalue weighted by Crippen LogP contribution is 2.20. The number of benzene rings is 1. The summed E-state index contributed by atoms with van der Waals surface area (Å²) in [5.41, 5.74) is 9.47. The lowest BCUT2D eigenvalue weighted by Gasteiger charge is -2.25. The Morgan fingerprint density at radius 3 is 2.77 bits per heavy atom. The topological polar surface area (TPSA) is 140 Å². The molecular weight excluding hydrogens is 445 g/mol. The van der Waals surface area contributed by atoms with Gasteiger partial charge in [0, 0.05) is 17.1 Å². The Morgan fingerprint density at radius 2 is 2.06 bits per heavy atom. The summed E-state index contributed by atoms with van der Waals surface area (Å²) < 4.78 is 5.84. The number of aromatic nitrogens is 5. The molecule has 1 saturated heterocycles. The summed E-state index contributed by atoms with van der Waals surface area (Å²) in [4.78, 5) is 15.2. The Labute approximate surface area is 187 Å². The molecule has 2 aromatic heterocycles. The van der Waals surface area contributed by atoms with Gasteiger partial charge in [-0.3, -0.25) is 9.69 Å². The van der Waals surface area contributed by atoms with Gasteiger partial charge in [0.25, 0.3) is 5.91 Å². The second kappa shape index (κ2) is 9.41. The molecule has 11 nitrogen and oxygen atoms in total. The van der Waals surface area contributed by atoms with Crippen molar-refractivity contribution in [1.29, 1.82) is 0 Å². The van der Waals surface area contributed by atoms with Crippen LogP contribution in [0, 0.1) is 0 Å². The largest absolute Gasteiger partial charge is 0.378 e. The molecule has 13 heteroatoms. The van der Waals surface area contributed by atoms with Crippen LogP contribution >= 0.6 is 23.2 Å². The van der Waals surface area contributed by atoms with Gasteiger partial charge in [0.15, 0.2) is 5.69 Å². The Balaban J connectivity index is 1.59. The van der Waals surface area contributed by atoms with Crippen molar-refractivity contribution in [2.24, 2.45) is 5.10 Å². The van der Waals surface area contributed by atoms with Crippen LogP contribution in [0.2, 0.25) is 10.0 Å². The molecule has 31 heavy (non-hydrogen) atoms. The minimum Gasteiger partial charge on any atom is -0.378 e. The molecule has 1 amide bonds. The van der Waals surface area contributed by atoms with Gasteiger partial charge in [-0.05, 0) is 48.4 Å². The fourth-order valence-corrected chi connectivity index (χ4v) is 3.74. The number of hydrazone groups is 1. The van der Waals surface area contributed by atoms with Crippen LogP contribution in [0.15, 0.2) is 27.9 Å². The fourth-order valence-electron chi connectivity index (χ4n) is 3.28. The van der Waals surface area contributed by atoms with Crippen LogP contribution in [-0.2, 0) is 6.54 Å². The van der Waals surface area contributed by atoms with Gasteiger partial charge >= 0.3 is 0 Å². The van der Waals surface area contributed by atoms with Crippen LogP contribution in [0.3, 0.4) is 0 Å². The first kappa shape index (κ1) is 21.2. The SMILES string of the molecule is Nc1nonc1-n1nnc(CN2CCCCC2)c1C(=O)NN=Cc1ccc(Cl)cc1Cl. The maximum Gasteiger partial charge on any atom is 0.292 e. The lowest BCUT2D eigenvalue weighted by molar-refractivity contribution is 0.0944. The summed E-state index contributed by atoms with van der Waals surface area (Å²) in [5.74, 6) is -0.479. The van der Waals surface area contributed by atoms with Gasteiger partial charge in [-0.25, -0.2) is 10.1 Å². The molecule has 4 rings (SSSR count). The smallest absolute Gasteiger partial charge is 0.292 e. The maximum absolute atomic E-state index is 13.0. The van der Waals surface area contributed by atoms with E-state index in [0.29, 0.717) is 27.8 Å². The Morgan fingerprint density at radius 1 is 1.26 bits per heavy atom. The quantitative estimate of drug-likeness (QED) is 0.418. The zero-order chi connectivity index (χ0) is 21.8. The standard InChI is InChI=1S/C18H19Cl2N9O2/c19-12-5-4-11(13(20)8-12)9-22-24-18(30)15-14(10-28-6-2-1-3-7-28)23-27-29(15)17-16(21)25-31-26-17/h4-5,8-9H,1-3,6-7,10H2,(H2,21,25)(H,24,30). The molecule has 0 bridgehead atoms. The predicted molar refractivity (Wildman–Crippen MR) is 114 cm³/mol. The average Bonchev–Trinajstić information content (AvgIpc) is 3.36. The molecule has 0 atom stereocenters. The molecule has 0 unspecified atom stereocenters. The second-order valence-corrected chi connectivity index (χ2v) is 7.82. The van der Waals surface area contributed by atoms with Gasteiger partial charge in [-0.15, -0.1) is 5.10 Å². The number of piperidine rings is 1. The Bertz CT molecular complexity index is 1110. The zero-order valence-electron chi connectivity index (χ0n) is 16.3. The van der Waals surface area contributed by atoms with E-state index in [1.807, 2.05) is 0 Å². The molecule has 0 saturated carbocycles. The number of nitrogen functional groups attached to an aromatic ring is 1. The van der Waals surface area contributed by atoms with E-state index < -0.39 is 5.91 Å². The van der Waals surface area contributed by atoms with Crippen molar-refractivity contribution in [3.63, 3.8) is 0 Å². The molecule has 3 N–H and O–H groups in total. The lowest BCUT2D eigenvalue weighted by atomic mass is 10.1. The maximum atomic E-state index is 13.0. The first-order chi connectivity index (χ1) is 15.0. The summed E-state index contributed by atoms with van der Waals surface area (Å²) in [5, 5.41) is 20.4. The monoisotopic (exact) mass is 463 g/mol. The summed E-state index contributed by atoms with van der Waals surface area (Å²) in [6.45, 7) is 2.31. The number of carbonyl (C=O) groups excluding carboxylic acids is 1. The molecule has 1 aliphatic heterocycles. The molecule has 162 valence electrons. The Hall–Kier alpha value is -3.02. The van der Waals surface area contributed by atoms with Crippen molar-refractivity contribution in [3.05, 3.63) is 45.2 Å². The van der Waals surface area contributed by atoms with Crippen LogP contribution in [0.4, 0.5) is 5.82 Å². The van der Waals surface area contributed by atoms with Crippen molar-refractivity contribution in [3.8, 4) is 5.82 Å². The van der Waals surface area contributed by atoms with E-state index in [9.17, 15) is 4.79 Å². The number of hydrogen-bond acceptors (Lipinski definition) is 9. The summed E-state index contributed by atoms with van der Waals surface area (Å²) >= 11 is 12.0. The van der Waals surface area contributed by atoms with E-state index in [1.54, 1.807) is 18.2 Å². The lowest BCUT2D eigenvalue weighted by Crippen LogP contribution is -2.31. The third kappa shape index (κ3) is 4.84. The average molecular weight is 464 g/mol. The summed E-state index contributed by atoms with van der Waals surface area (Å²) in [7, 11) is 0. The number of halogens is 2. The van der Waals surface area contributed by atoms with Crippen molar-refractivity contribution in [1.82, 2.24) is 35.6 Å². The van der Waals surface area contributed by atoms with E-state index in [0.717, 1.165) is 25.9 Å². The van der Waals surface area contributed by atoms with Gasteiger partial charge < -0.3 is 5.73 Å². The molecule has 0 aliphatic carbocycles. The first-order valence-corrected chi connectivity index (χ1v) is 10.3. The number of amides is 1. The van der Waals surface area contributed by atoms with Crippen molar-refractivity contribution in [2.75, 3.05) is 18.8 Å².